The highest BCUT2D eigenvalue weighted by atomic mass is 35.5. The number of benzene rings is 1. The number of piperidine rings is 1. The summed E-state index contributed by atoms with van der Waals surface area (Å²) in [4.78, 5) is 27.9. The maximum atomic E-state index is 12.4. The van der Waals surface area contributed by atoms with E-state index in [0.29, 0.717) is 36.2 Å². The summed E-state index contributed by atoms with van der Waals surface area (Å²) in [5.74, 6) is 1.06. The second kappa shape index (κ2) is 6.91. The highest BCUT2D eigenvalue weighted by molar-refractivity contribution is 8.02. The van der Waals surface area contributed by atoms with Crippen LogP contribution < -0.4 is 4.90 Å². The summed E-state index contributed by atoms with van der Waals surface area (Å²) in [6, 6.07) is 7.39. The van der Waals surface area contributed by atoms with Crippen molar-refractivity contribution in [3.05, 3.63) is 29.3 Å². The Morgan fingerprint density at radius 3 is 2.48 bits per heavy atom. The molecule has 0 N–H and O–H groups in total. The molecule has 0 aliphatic carbocycles. The number of carbonyl (C=O) groups is 2. The first-order valence-electron chi connectivity index (χ1n) is 7.62. The van der Waals surface area contributed by atoms with Crippen molar-refractivity contribution in [3.8, 4) is 0 Å². The van der Waals surface area contributed by atoms with Crippen LogP contribution in [0.15, 0.2) is 24.3 Å². The average Bonchev–Trinajstić information content (AvgIpc) is 2.86. The third-order valence-electron chi connectivity index (χ3n) is 4.41. The number of thioether (sulfide) groups is 1. The fraction of sp³-hybridized carbons (Fsp3) is 0.500. The molecule has 1 aromatic carbocycles. The summed E-state index contributed by atoms with van der Waals surface area (Å²) in [5, 5.41) is 0.656. The van der Waals surface area contributed by atoms with E-state index in [-0.39, 0.29) is 16.7 Å². The van der Waals surface area contributed by atoms with Crippen LogP contribution >= 0.6 is 35.0 Å². The van der Waals surface area contributed by atoms with Crippen LogP contribution in [0.1, 0.15) is 19.3 Å². The SMILES string of the molecule is O=C(CCCl)N1CCC2(CC1)SCC(=O)N2c1ccc(Cl)cc1. The van der Waals surface area contributed by atoms with Crippen molar-refractivity contribution in [2.45, 2.75) is 24.1 Å². The van der Waals surface area contributed by atoms with E-state index in [9.17, 15) is 9.59 Å². The van der Waals surface area contributed by atoms with Crippen LogP contribution in [0, 0.1) is 0 Å². The van der Waals surface area contributed by atoms with Crippen LogP contribution in [0.2, 0.25) is 5.02 Å². The van der Waals surface area contributed by atoms with Gasteiger partial charge in [0.1, 0.15) is 0 Å². The van der Waals surface area contributed by atoms with Crippen molar-refractivity contribution in [2.24, 2.45) is 0 Å². The van der Waals surface area contributed by atoms with E-state index >= 15 is 0 Å². The highest BCUT2D eigenvalue weighted by Gasteiger charge is 2.48. The predicted octanol–water partition coefficient (Wildman–Crippen LogP) is 3.37. The molecule has 2 aliphatic rings. The molecule has 1 aromatic rings. The lowest BCUT2D eigenvalue weighted by Crippen LogP contribution is -2.53. The number of hydrogen-bond acceptors (Lipinski definition) is 3. The summed E-state index contributed by atoms with van der Waals surface area (Å²) < 4.78 is 0. The number of hydrogen-bond donors (Lipinski definition) is 0. The molecular formula is C16H18Cl2N2O2S. The first kappa shape index (κ1) is 16.9. The van der Waals surface area contributed by atoms with E-state index in [2.05, 4.69) is 0 Å². The van der Waals surface area contributed by atoms with Crippen LogP contribution in [0.25, 0.3) is 0 Å². The minimum absolute atomic E-state index is 0.0993. The zero-order chi connectivity index (χ0) is 16.4. The molecule has 124 valence electrons. The van der Waals surface area contributed by atoms with Crippen molar-refractivity contribution in [1.82, 2.24) is 4.90 Å². The molecule has 0 atom stereocenters. The quantitative estimate of drug-likeness (QED) is 0.763. The van der Waals surface area contributed by atoms with Gasteiger partial charge >= 0.3 is 0 Å². The lowest BCUT2D eigenvalue weighted by Gasteiger charge is -2.44. The van der Waals surface area contributed by atoms with Gasteiger partial charge < -0.3 is 4.90 Å². The molecule has 2 saturated heterocycles. The van der Waals surface area contributed by atoms with Gasteiger partial charge in [-0.2, -0.15) is 0 Å². The summed E-state index contributed by atoms with van der Waals surface area (Å²) >= 11 is 13.3. The van der Waals surface area contributed by atoms with Gasteiger partial charge in [0.2, 0.25) is 11.8 Å². The summed E-state index contributed by atoms with van der Waals surface area (Å²) in [5.41, 5.74) is 0.880. The molecule has 0 radical (unpaired) electrons. The molecule has 7 heteroatoms. The Balaban J connectivity index is 1.77. The number of likely N-dealkylation sites (tertiary alicyclic amines) is 1. The molecule has 2 fully saturated rings. The van der Waals surface area contributed by atoms with E-state index in [1.54, 1.807) is 23.9 Å². The summed E-state index contributed by atoms with van der Waals surface area (Å²) in [6.45, 7) is 1.33. The van der Waals surface area contributed by atoms with Crippen molar-refractivity contribution in [2.75, 3.05) is 29.6 Å². The van der Waals surface area contributed by atoms with E-state index < -0.39 is 0 Å². The largest absolute Gasteiger partial charge is 0.342 e. The molecular weight excluding hydrogens is 355 g/mol. The van der Waals surface area contributed by atoms with Crippen LogP contribution in [-0.2, 0) is 9.59 Å². The van der Waals surface area contributed by atoms with Crippen molar-refractivity contribution in [3.63, 3.8) is 0 Å². The Morgan fingerprint density at radius 1 is 1.22 bits per heavy atom. The van der Waals surface area contributed by atoms with Gasteiger partial charge in [0.05, 0.1) is 10.6 Å². The Labute approximate surface area is 150 Å². The third-order valence-corrected chi connectivity index (χ3v) is 6.37. The molecule has 3 rings (SSSR count). The fourth-order valence-corrected chi connectivity index (χ4v) is 4.85. The molecule has 0 unspecified atom stereocenters. The van der Waals surface area contributed by atoms with Crippen LogP contribution in [-0.4, -0.2) is 46.3 Å². The lowest BCUT2D eigenvalue weighted by molar-refractivity contribution is -0.131. The minimum atomic E-state index is -0.247. The number of halogens is 2. The number of rotatable bonds is 3. The average molecular weight is 373 g/mol. The molecule has 4 nitrogen and oxygen atoms in total. The zero-order valence-corrected chi connectivity index (χ0v) is 15.0. The monoisotopic (exact) mass is 372 g/mol. The second-order valence-electron chi connectivity index (χ2n) is 5.76. The first-order chi connectivity index (χ1) is 11.1. The molecule has 0 bridgehead atoms. The lowest BCUT2D eigenvalue weighted by atomic mass is 10.0. The maximum Gasteiger partial charge on any atom is 0.238 e. The molecule has 0 saturated carbocycles. The Morgan fingerprint density at radius 2 is 1.87 bits per heavy atom. The third kappa shape index (κ3) is 3.32. The van der Waals surface area contributed by atoms with Crippen molar-refractivity contribution < 1.29 is 9.59 Å². The topological polar surface area (TPSA) is 40.6 Å². The van der Waals surface area contributed by atoms with Gasteiger partial charge in [0.15, 0.2) is 0 Å². The molecule has 23 heavy (non-hydrogen) atoms. The Hall–Kier alpha value is -0.910. The number of carbonyl (C=O) groups excluding carboxylic acids is 2. The van der Waals surface area contributed by atoms with E-state index in [1.807, 2.05) is 21.9 Å². The number of anilines is 1. The van der Waals surface area contributed by atoms with Crippen molar-refractivity contribution in [1.29, 1.82) is 0 Å². The molecule has 1 spiro atoms. The standard InChI is InChI=1S/C16H18Cl2N2O2S/c17-8-5-14(21)19-9-6-16(7-10-19)20(15(22)11-23-16)13-3-1-12(18)2-4-13/h1-4H,5-11H2. The van der Waals surface area contributed by atoms with Gasteiger partial charge in [-0.25, -0.2) is 0 Å². The zero-order valence-electron chi connectivity index (χ0n) is 12.6. The minimum Gasteiger partial charge on any atom is -0.342 e. The van der Waals surface area contributed by atoms with Gasteiger partial charge in [0.25, 0.3) is 0 Å². The summed E-state index contributed by atoms with van der Waals surface area (Å²) in [7, 11) is 0. The smallest absolute Gasteiger partial charge is 0.238 e. The van der Waals surface area contributed by atoms with Gasteiger partial charge in [-0.05, 0) is 37.1 Å². The number of alkyl halides is 1. The van der Waals surface area contributed by atoms with E-state index in [4.69, 9.17) is 23.2 Å². The van der Waals surface area contributed by atoms with Crippen LogP contribution in [0.5, 0.6) is 0 Å². The number of amides is 2. The Kier molecular flexibility index (Phi) is 5.09. The normalized spacial score (nSPS) is 20.3. The maximum absolute atomic E-state index is 12.4. The van der Waals surface area contributed by atoms with Gasteiger partial charge in [-0.1, -0.05) is 11.6 Å². The highest BCUT2D eigenvalue weighted by Crippen LogP contribution is 2.46. The second-order valence-corrected chi connectivity index (χ2v) is 7.91. The fourth-order valence-electron chi connectivity index (χ4n) is 3.23. The van der Waals surface area contributed by atoms with Gasteiger partial charge in [-0.15, -0.1) is 23.4 Å². The summed E-state index contributed by atoms with van der Waals surface area (Å²) in [6.07, 6.45) is 1.93. The van der Waals surface area contributed by atoms with Crippen molar-refractivity contribution >= 4 is 52.5 Å². The molecule has 2 amide bonds. The van der Waals surface area contributed by atoms with E-state index in [0.717, 1.165) is 18.5 Å². The molecule has 2 aliphatic heterocycles. The first-order valence-corrected chi connectivity index (χ1v) is 9.52. The van der Waals surface area contributed by atoms with Gasteiger partial charge in [-0.3, -0.25) is 14.5 Å². The van der Waals surface area contributed by atoms with Crippen LogP contribution in [0.3, 0.4) is 0 Å². The van der Waals surface area contributed by atoms with Gasteiger partial charge in [0, 0.05) is 36.1 Å². The van der Waals surface area contributed by atoms with E-state index in [1.165, 1.54) is 0 Å². The Bertz CT molecular complexity index is 601. The van der Waals surface area contributed by atoms with Crippen LogP contribution in [0.4, 0.5) is 5.69 Å². The molecule has 0 aromatic heterocycles. The number of nitrogens with zero attached hydrogens (tertiary/aromatic N) is 2. The predicted molar refractivity (Wildman–Crippen MR) is 95.3 cm³/mol. The molecule has 2 heterocycles.